The number of pyridine rings is 1. The first-order valence-corrected chi connectivity index (χ1v) is 6.71. The number of aromatic nitrogens is 1. The van der Waals surface area contributed by atoms with E-state index in [1.165, 1.54) is 6.07 Å². The van der Waals surface area contributed by atoms with E-state index in [4.69, 9.17) is 4.74 Å². The molecule has 1 heterocycles. The molecule has 0 aliphatic heterocycles. The summed E-state index contributed by atoms with van der Waals surface area (Å²) < 4.78 is 21.1. The molecule has 0 saturated carbocycles. The first-order chi connectivity index (χ1) is 9.58. The first kappa shape index (κ1) is 14.3. The average Bonchev–Trinajstić information content (AvgIpc) is 2.43. The number of hydrogen-bond donors (Lipinski definition) is 0. The van der Waals surface area contributed by atoms with Gasteiger partial charge >= 0.3 is 0 Å². The van der Waals surface area contributed by atoms with Crippen LogP contribution in [0, 0.1) is 12.7 Å². The van der Waals surface area contributed by atoms with E-state index in [-0.39, 0.29) is 11.4 Å². The summed E-state index contributed by atoms with van der Waals surface area (Å²) in [4.78, 5) is 12.1. The molecule has 3 nitrogen and oxygen atoms in total. The first-order valence-electron chi connectivity index (χ1n) is 6.71. The highest BCUT2D eigenvalue weighted by molar-refractivity contribution is 5.62. The highest BCUT2D eigenvalue weighted by Gasteiger charge is 2.12. The Morgan fingerprint density at radius 3 is 2.55 bits per heavy atom. The fourth-order valence-corrected chi connectivity index (χ4v) is 2.20. The van der Waals surface area contributed by atoms with Crippen molar-refractivity contribution in [1.82, 2.24) is 4.57 Å². The van der Waals surface area contributed by atoms with E-state index < -0.39 is 0 Å². The molecule has 1 aromatic heterocycles. The Morgan fingerprint density at radius 1 is 1.20 bits per heavy atom. The lowest BCUT2D eigenvalue weighted by molar-refractivity contribution is 0.338. The summed E-state index contributed by atoms with van der Waals surface area (Å²) in [5.74, 6) is 0.104. The van der Waals surface area contributed by atoms with Crippen LogP contribution in [0.3, 0.4) is 0 Å². The van der Waals surface area contributed by atoms with Crippen molar-refractivity contribution in [2.75, 3.05) is 6.61 Å². The molecular weight excluding hydrogens is 257 g/mol. The summed E-state index contributed by atoms with van der Waals surface area (Å²) in [7, 11) is 0. The molecule has 0 fully saturated rings. The van der Waals surface area contributed by atoms with Crippen molar-refractivity contribution in [1.29, 1.82) is 0 Å². The molecule has 0 radical (unpaired) electrons. The van der Waals surface area contributed by atoms with Crippen LogP contribution in [0.2, 0.25) is 0 Å². The van der Waals surface area contributed by atoms with Gasteiger partial charge in [-0.25, -0.2) is 4.39 Å². The third-order valence-corrected chi connectivity index (χ3v) is 3.21. The van der Waals surface area contributed by atoms with Gasteiger partial charge in [0.15, 0.2) is 0 Å². The Morgan fingerprint density at radius 2 is 1.95 bits per heavy atom. The predicted octanol–water partition coefficient (Wildman–Crippen LogP) is 3.38. The van der Waals surface area contributed by atoms with Crippen LogP contribution in [-0.4, -0.2) is 11.2 Å². The minimum atomic E-state index is -0.388. The number of aryl methyl sites for hydroxylation is 1. The van der Waals surface area contributed by atoms with Gasteiger partial charge < -0.3 is 9.30 Å². The molecule has 0 saturated heterocycles. The molecule has 2 rings (SSSR count). The molecule has 0 N–H and O–H groups in total. The van der Waals surface area contributed by atoms with Gasteiger partial charge in [0.05, 0.1) is 12.3 Å². The zero-order valence-corrected chi connectivity index (χ0v) is 11.9. The second-order valence-corrected chi connectivity index (χ2v) is 4.53. The Bertz CT molecular complexity index is 677. The van der Waals surface area contributed by atoms with Gasteiger partial charge in [0.1, 0.15) is 11.6 Å². The molecule has 106 valence electrons. The van der Waals surface area contributed by atoms with Crippen LogP contribution >= 0.6 is 0 Å². The molecule has 1 aromatic carbocycles. The van der Waals surface area contributed by atoms with Crippen molar-refractivity contribution >= 4 is 0 Å². The smallest absolute Gasteiger partial charge is 0.253 e. The maximum Gasteiger partial charge on any atom is 0.253 e. The van der Waals surface area contributed by atoms with Crippen LogP contribution < -0.4 is 10.3 Å². The fourth-order valence-electron chi connectivity index (χ4n) is 2.20. The van der Waals surface area contributed by atoms with Crippen molar-refractivity contribution in [2.45, 2.75) is 27.3 Å². The summed E-state index contributed by atoms with van der Waals surface area (Å²) in [6.45, 7) is 6.47. The number of ether oxygens (including phenoxy) is 1. The third-order valence-electron chi connectivity index (χ3n) is 3.21. The topological polar surface area (TPSA) is 31.2 Å². The second kappa shape index (κ2) is 5.90. The van der Waals surface area contributed by atoms with Gasteiger partial charge in [0, 0.05) is 23.7 Å². The van der Waals surface area contributed by atoms with E-state index in [9.17, 15) is 9.18 Å². The van der Waals surface area contributed by atoms with Gasteiger partial charge in [0.2, 0.25) is 0 Å². The van der Waals surface area contributed by atoms with Crippen molar-refractivity contribution in [3.63, 3.8) is 0 Å². The minimum absolute atomic E-state index is 0.0849. The maximum atomic E-state index is 14.2. The van der Waals surface area contributed by atoms with Gasteiger partial charge in [0.25, 0.3) is 5.56 Å². The zero-order valence-electron chi connectivity index (χ0n) is 11.9. The molecule has 0 spiro atoms. The Hall–Kier alpha value is -2.10. The van der Waals surface area contributed by atoms with E-state index >= 15 is 0 Å². The molecule has 2 aromatic rings. The van der Waals surface area contributed by atoms with Crippen LogP contribution in [0.15, 0.2) is 35.1 Å². The summed E-state index contributed by atoms with van der Waals surface area (Å²) in [6.07, 6.45) is 0. The summed E-state index contributed by atoms with van der Waals surface area (Å²) >= 11 is 0. The molecule has 0 unspecified atom stereocenters. The quantitative estimate of drug-likeness (QED) is 0.856. The van der Waals surface area contributed by atoms with Gasteiger partial charge in [-0.15, -0.1) is 0 Å². The number of nitrogens with zero attached hydrogens (tertiary/aromatic N) is 1. The second-order valence-electron chi connectivity index (χ2n) is 4.53. The molecule has 0 aliphatic rings. The molecular formula is C16H18FNO2. The molecule has 0 amide bonds. The highest BCUT2D eigenvalue weighted by Crippen LogP contribution is 2.25. The molecule has 0 bridgehead atoms. The summed E-state index contributed by atoms with van der Waals surface area (Å²) in [5.41, 5.74) is 1.57. The molecule has 0 aliphatic carbocycles. The minimum Gasteiger partial charge on any atom is -0.494 e. The lowest BCUT2D eigenvalue weighted by Crippen LogP contribution is -2.22. The number of hydrogen-bond acceptors (Lipinski definition) is 2. The molecule has 0 atom stereocenters. The normalized spacial score (nSPS) is 10.6. The molecule has 20 heavy (non-hydrogen) atoms. The van der Waals surface area contributed by atoms with Gasteiger partial charge in [-0.3, -0.25) is 4.79 Å². The van der Waals surface area contributed by atoms with Crippen molar-refractivity contribution in [3.05, 3.63) is 52.1 Å². The van der Waals surface area contributed by atoms with E-state index in [0.717, 1.165) is 0 Å². The standard InChI is InChI=1S/C16H18FNO2/c1-4-18-15(9-6-11(3)16(18)19)13-8-7-12(20-5-2)10-14(13)17/h6-10H,4-5H2,1-3H3. The van der Waals surface area contributed by atoms with E-state index in [2.05, 4.69) is 0 Å². The van der Waals surface area contributed by atoms with Crippen LogP contribution in [0.4, 0.5) is 4.39 Å². The highest BCUT2D eigenvalue weighted by atomic mass is 19.1. The third kappa shape index (κ3) is 2.59. The Kier molecular flexibility index (Phi) is 4.23. The Labute approximate surface area is 117 Å². The SMILES string of the molecule is CCOc1ccc(-c2ccc(C)c(=O)n2CC)c(F)c1. The van der Waals surface area contributed by atoms with Gasteiger partial charge in [-0.05, 0) is 39.0 Å². The summed E-state index contributed by atoms with van der Waals surface area (Å²) in [5, 5.41) is 0. The average molecular weight is 275 g/mol. The predicted molar refractivity (Wildman–Crippen MR) is 77.7 cm³/mol. The van der Waals surface area contributed by atoms with Gasteiger partial charge in [-0.1, -0.05) is 6.07 Å². The number of benzene rings is 1. The number of halogens is 1. The van der Waals surface area contributed by atoms with E-state index in [0.29, 0.717) is 35.7 Å². The van der Waals surface area contributed by atoms with Crippen LogP contribution in [0.1, 0.15) is 19.4 Å². The van der Waals surface area contributed by atoms with E-state index in [1.807, 2.05) is 13.8 Å². The van der Waals surface area contributed by atoms with Crippen LogP contribution in [-0.2, 0) is 6.54 Å². The van der Waals surface area contributed by atoms with Crippen molar-refractivity contribution < 1.29 is 9.13 Å². The largest absolute Gasteiger partial charge is 0.494 e. The summed E-state index contributed by atoms with van der Waals surface area (Å²) in [6, 6.07) is 8.21. The van der Waals surface area contributed by atoms with Crippen LogP contribution in [0.25, 0.3) is 11.3 Å². The van der Waals surface area contributed by atoms with Gasteiger partial charge in [-0.2, -0.15) is 0 Å². The lowest BCUT2D eigenvalue weighted by Gasteiger charge is -2.13. The lowest BCUT2D eigenvalue weighted by atomic mass is 10.1. The van der Waals surface area contributed by atoms with Crippen LogP contribution in [0.5, 0.6) is 5.75 Å². The van der Waals surface area contributed by atoms with E-state index in [1.54, 1.807) is 35.8 Å². The van der Waals surface area contributed by atoms with Crippen molar-refractivity contribution in [2.24, 2.45) is 0 Å². The zero-order chi connectivity index (χ0) is 14.7. The maximum absolute atomic E-state index is 14.2. The molecule has 4 heteroatoms. The fraction of sp³-hybridized carbons (Fsp3) is 0.312. The monoisotopic (exact) mass is 275 g/mol. The van der Waals surface area contributed by atoms with Crippen molar-refractivity contribution in [3.8, 4) is 17.0 Å². The number of rotatable bonds is 4. The Balaban J connectivity index is 2.57.